The van der Waals surface area contributed by atoms with Gasteiger partial charge in [-0.3, -0.25) is 14.5 Å². The van der Waals surface area contributed by atoms with Gasteiger partial charge < -0.3 is 10.6 Å². The highest BCUT2D eigenvalue weighted by molar-refractivity contribution is 6.06. The number of nitrogens with one attached hydrogen (secondary N) is 2. The Labute approximate surface area is 123 Å². The summed E-state index contributed by atoms with van der Waals surface area (Å²) in [5.74, 6) is -0.386. The summed E-state index contributed by atoms with van der Waals surface area (Å²) in [5, 5.41) is 5.37. The first-order valence-electron chi connectivity index (χ1n) is 6.89. The monoisotopic (exact) mass is 289 g/mol. The summed E-state index contributed by atoms with van der Waals surface area (Å²) in [6, 6.07) is 8.76. The van der Waals surface area contributed by atoms with E-state index in [4.69, 9.17) is 0 Å². The van der Waals surface area contributed by atoms with E-state index >= 15 is 0 Å². The van der Waals surface area contributed by atoms with E-state index in [0.717, 1.165) is 10.6 Å². The Bertz CT molecular complexity index is 555. The Balaban J connectivity index is 1.78. The smallest absolute Gasteiger partial charge is 0.325 e. The number of hydrogen-bond acceptors (Lipinski definition) is 3. The van der Waals surface area contributed by atoms with Gasteiger partial charge in [0.1, 0.15) is 5.54 Å². The lowest BCUT2D eigenvalue weighted by atomic mass is 10.1. The normalized spacial score (nSPS) is 16.8. The molecule has 1 heterocycles. The van der Waals surface area contributed by atoms with Crippen LogP contribution in [-0.4, -0.2) is 34.8 Å². The SMILES string of the molecule is CC1(C)NC(=O)N(CCCC(=O)Nc2ccccc2)C1=O. The molecule has 2 rings (SSSR count). The van der Waals surface area contributed by atoms with Crippen molar-refractivity contribution in [2.45, 2.75) is 32.2 Å². The van der Waals surface area contributed by atoms with Gasteiger partial charge in [0, 0.05) is 18.7 Å². The van der Waals surface area contributed by atoms with E-state index in [9.17, 15) is 14.4 Å². The van der Waals surface area contributed by atoms with Gasteiger partial charge in [-0.15, -0.1) is 0 Å². The second-order valence-corrected chi connectivity index (χ2v) is 5.53. The van der Waals surface area contributed by atoms with E-state index < -0.39 is 11.6 Å². The third kappa shape index (κ3) is 3.59. The minimum absolute atomic E-state index is 0.132. The van der Waals surface area contributed by atoms with Crippen molar-refractivity contribution in [3.8, 4) is 0 Å². The van der Waals surface area contributed by atoms with Crippen LogP contribution in [0.15, 0.2) is 30.3 Å². The molecule has 0 bridgehead atoms. The summed E-state index contributed by atoms with van der Waals surface area (Å²) in [6.45, 7) is 3.57. The molecule has 1 aromatic carbocycles. The third-order valence-corrected chi connectivity index (χ3v) is 3.29. The molecular weight excluding hydrogens is 270 g/mol. The fraction of sp³-hybridized carbons (Fsp3) is 0.400. The average Bonchev–Trinajstić information content (AvgIpc) is 2.61. The van der Waals surface area contributed by atoms with Crippen LogP contribution in [-0.2, 0) is 9.59 Å². The number of imide groups is 1. The maximum Gasteiger partial charge on any atom is 0.325 e. The number of hydrogen-bond donors (Lipinski definition) is 2. The number of urea groups is 1. The van der Waals surface area contributed by atoms with Crippen LogP contribution in [0.2, 0.25) is 0 Å². The van der Waals surface area contributed by atoms with Gasteiger partial charge >= 0.3 is 6.03 Å². The fourth-order valence-corrected chi connectivity index (χ4v) is 2.16. The van der Waals surface area contributed by atoms with Crippen LogP contribution in [0.25, 0.3) is 0 Å². The van der Waals surface area contributed by atoms with E-state index in [2.05, 4.69) is 10.6 Å². The van der Waals surface area contributed by atoms with Crippen LogP contribution in [0.3, 0.4) is 0 Å². The minimum atomic E-state index is -0.858. The van der Waals surface area contributed by atoms with Crippen molar-refractivity contribution in [3.63, 3.8) is 0 Å². The molecular formula is C15H19N3O3. The minimum Gasteiger partial charge on any atom is -0.326 e. The van der Waals surface area contributed by atoms with Crippen molar-refractivity contribution in [1.29, 1.82) is 0 Å². The highest BCUT2D eigenvalue weighted by Crippen LogP contribution is 2.17. The number of nitrogens with zero attached hydrogens (tertiary/aromatic N) is 1. The molecule has 1 fully saturated rings. The van der Waals surface area contributed by atoms with E-state index in [1.807, 2.05) is 18.2 Å². The highest BCUT2D eigenvalue weighted by atomic mass is 16.2. The van der Waals surface area contributed by atoms with Crippen molar-refractivity contribution >= 4 is 23.5 Å². The topological polar surface area (TPSA) is 78.5 Å². The number of benzene rings is 1. The summed E-state index contributed by atoms with van der Waals surface area (Å²) < 4.78 is 0. The molecule has 0 aromatic heterocycles. The Morgan fingerprint density at radius 2 is 1.90 bits per heavy atom. The molecule has 0 atom stereocenters. The van der Waals surface area contributed by atoms with Crippen LogP contribution >= 0.6 is 0 Å². The Morgan fingerprint density at radius 3 is 2.48 bits per heavy atom. The molecule has 2 N–H and O–H groups in total. The molecule has 0 aliphatic carbocycles. The van der Waals surface area contributed by atoms with Gasteiger partial charge in [-0.2, -0.15) is 0 Å². The average molecular weight is 289 g/mol. The highest BCUT2D eigenvalue weighted by Gasteiger charge is 2.43. The van der Waals surface area contributed by atoms with Gasteiger partial charge in [-0.05, 0) is 32.4 Å². The summed E-state index contributed by atoms with van der Waals surface area (Å²) in [5.41, 5.74) is -0.123. The second kappa shape index (κ2) is 5.95. The quantitative estimate of drug-likeness (QED) is 0.810. The lowest BCUT2D eigenvalue weighted by molar-refractivity contribution is -0.130. The number of carbonyl (C=O) groups excluding carboxylic acids is 3. The molecule has 1 aliphatic heterocycles. The fourth-order valence-electron chi connectivity index (χ4n) is 2.16. The van der Waals surface area contributed by atoms with Crippen molar-refractivity contribution in [3.05, 3.63) is 30.3 Å². The number of rotatable bonds is 5. The third-order valence-electron chi connectivity index (χ3n) is 3.29. The predicted molar refractivity (Wildman–Crippen MR) is 78.6 cm³/mol. The molecule has 6 heteroatoms. The Kier molecular flexibility index (Phi) is 4.26. The number of carbonyl (C=O) groups is 3. The molecule has 4 amide bonds. The molecule has 21 heavy (non-hydrogen) atoms. The maximum absolute atomic E-state index is 11.9. The first-order valence-corrected chi connectivity index (χ1v) is 6.89. The van der Waals surface area contributed by atoms with E-state index in [1.165, 1.54) is 0 Å². The van der Waals surface area contributed by atoms with Crippen molar-refractivity contribution in [2.24, 2.45) is 0 Å². The molecule has 0 spiro atoms. The van der Waals surface area contributed by atoms with Crippen LogP contribution in [0, 0.1) is 0 Å². The van der Waals surface area contributed by atoms with Crippen LogP contribution in [0.5, 0.6) is 0 Å². The van der Waals surface area contributed by atoms with Gasteiger partial charge in [-0.1, -0.05) is 18.2 Å². The van der Waals surface area contributed by atoms with Gasteiger partial charge in [0.05, 0.1) is 0 Å². The maximum atomic E-state index is 11.9. The van der Waals surface area contributed by atoms with Crippen LogP contribution in [0.1, 0.15) is 26.7 Å². The van der Waals surface area contributed by atoms with E-state index in [0.29, 0.717) is 6.42 Å². The standard InChI is InChI=1S/C15H19N3O3/c1-15(2)13(20)18(14(21)17-15)10-6-9-12(19)16-11-7-4-3-5-8-11/h3-5,7-8H,6,9-10H2,1-2H3,(H,16,19)(H,17,21). The molecule has 0 unspecified atom stereocenters. The summed E-state index contributed by atoms with van der Waals surface area (Å²) in [6.07, 6.45) is 0.695. The summed E-state index contributed by atoms with van der Waals surface area (Å²) in [7, 11) is 0. The van der Waals surface area contributed by atoms with Crippen LogP contribution < -0.4 is 10.6 Å². The van der Waals surface area contributed by atoms with Gasteiger partial charge in [0.2, 0.25) is 5.91 Å². The van der Waals surface area contributed by atoms with E-state index in [-0.39, 0.29) is 24.8 Å². The number of para-hydroxylation sites is 1. The zero-order valence-electron chi connectivity index (χ0n) is 12.2. The Hall–Kier alpha value is -2.37. The van der Waals surface area contributed by atoms with Crippen molar-refractivity contribution in [1.82, 2.24) is 10.2 Å². The zero-order chi connectivity index (χ0) is 15.5. The number of anilines is 1. The summed E-state index contributed by atoms with van der Waals surface area (Å²) >= 11 is 0. The Morgan fingerprint density at radius 1 is 1.24 bits per heavy atom. The largest absolute Gasteiger partial charge is 0.326 e. The molecule has 1 saturated heterocycles. The van der Waals surface area contributed by atoms with Gasteiger partial charge in [0.15, 0.2) is 0 Å². The molecule has 1 aromatic rings. The predicted octanol–water partition coefficient (Wildman–Crippen LogP) is 1.74. The molecule has 0 saturated carbocycles. The van der Waals surface area contributed by atoms with Crippen LogP contribution in [0.4, 0.5) is 10.5 Å². The summed E-state index contributed by atoms with van der Waals surface area (Å²) in [4.78, 5) is 36.5. The second-order valence-electron chi connectivity index (χ2n) is 5.53. The van der Waals surface area contributed by atoms with Gasteiger partial charge in [0.25, 0.3) is 5.91 Å². The van der Waals surface area contributed by atoms with Crippen molar-refractivity contribution in [2.75, 3.05) is 11.9 Å². The lowest BCUT2D eigenvalue weighted by Crippen LogP contribution is -2.40. The first-order chi connectivity index (χ1) is 9.90. The van der Waals surface area contributed by atoms with Crippen molar-refractivity contribution < 1.29 is 14.4 Å². The number of amides is 4. The molecule has 0 radical (unpaired) electrons. The molecule has 6 nitrogen and oxygen atoms in total. The van der Waals surface area contributed by atoms with Gasteiger partial charge in [-0.25, -0.2) is 4.79 Å². The first kappa shape index (κ1) is 15.0. The molecule has 1 aliphatic rings. The molecule has 112 valence electrons. The zero-order valence-corrected chi connectivity index (χ0v) is 12.2. The lowest BCUT2D eigenvalue weighted by Gasteiger charge is -2.15. The van der Waals surface area contributed by atoms with E-state index in [1.54, 1.807) is 26.0 Å².